The second-order valence-corrected chi connectivity index (χ2v) is 5.52. The molecule has 1 heterocycles. The van der Waals surface area contributed by atoms with E-state index in [1.807, 2.05) is 0 Å². The van der Waals surface area contributed by atoms with Crippen LogP contribution in [-0.2, 0) is 14.3 Å². The number of hydrogen-bond acceptors (Lipinski definition) is 5. The summed E-state index contributed by atoms with van der Waals surface area (Å²) < 4.78 is 31.7. The van der Waals surface area contributed by atoms with E-state index in [-0.39, 0.29) is 41.1 Å². The van der Waals surface area contributed by atoms with E-state index >= 15 is 0 Å². The molecule has 9 heteroatoms. The number of carbonyl (C=O) groups is 2. The van der Waals surface area contributed by atoms with Gasteiger partial charge in [-0.2, -0.15) is 0 Å². The van der Waals surface area contributed by atoms with Gasteiger partial charge < -0.3 is 20.1 Å². The number of nitrogens with one attached hydrogen (secondary N) is 1. The molecular weight excluding hydrogens is 378 g/mol. The lowest BCUT2D eigenvalue weighted by molar-refractivity contribution is -0.136. The van der Waals surface area contributed by atoms with E-state index in [0.717, 1.165) is 13.2 Å². The summed E-state index contributed by atoms with van der Waals surface area (Å²) in [7, 11) is 1.15. The fourth-order valence-corrected chi connectivity index (χ4v) is 2.45. The minimum atomic E-state index is -0.921. The van der Waals surface area contributed by atoms with Crippen molar-refractivity contribution < 1.29 is 28.2 Å². The molecule has 2 rings (SSSR count). The SMILES string of the molecule is COC(=O)C1=C(Nc2cc(Br)c(F)cc2F)C(=O)N(CCO)C1. The van der Waals surface area contributed by atoms with Crippen molar-refractivity contribution in [3.63, 3.8) is 0 Å². The van der Waals surface area contributed by atoms with Crippen molar-refractivity contribution >= 4 is 33.5 Å². The smallest absolute Gasteiger partial charge is 0.337 e. The lowest BCUT2D eigenvalue weighted by Gasteiger charge is -2.15. The Kier molecular flexibility index (Phi) is 5.32. The molecule has 1 aliphatic rings. The van der Waals surface area contributed by atoms with E-state index in [0.29, 0.717) is 6.07 Å². The summed E-state index contributed by atoms with van der Waals surface area (Å²) in [4.78, 5) is 25.3. The number of halogens is 3. The number of amides is 1. The Labute approximate surface area is 138 Å². The van der Waals surface area contributed by atoms with Crippen molar-refractivity contribution in [1.29, 1.82) is 0 Å². The number of esters is 1. The third-order valence-corrected chi connectivity index (χ3v) is 3.83. The first kappa shape index (κ1) is 17.4. The molecule has 124 valence electrons. The van der Waals surface area contributed by atoms with Gasteiger partial charge in [0.1, 0.15) is 17.3 Å². The van der Waals surface area contributed by atoms with Crippen LogP contribution in [0.5, 0.6) is 0 Å². The average Bonchev–Trinajstić information content (AvgIpc) is 2.81. The molecule has 6 nitrogen and oxygen atoms in total. The second kappa shape index (κ2) is 7.05. The predicted molar refractivity (Wildman–Crippen MR) is 80.4 cm³/mol. The summed E-state index contributed by atoms with van der Waals surface area (Å²) in [6.07, 6.45) is 0. The summed E-state index contributed by atoms with van der Waals surface area (Å²) in [5, 5.41) is 11.5. The molecule has 0 saturated carbocycles. The van der Waals surface area contributed by atoms with Crippen LogP contribution >= 0.6 is 15.9 Å². The maximum Gasteiger partial charge on any atom is 0.337 e. The monoisotopic (exact) mass is 390 g/mol. The van der Waals surface area contributed by atoms with E-state index in [9.17, 15) is 18.4 Å². The first-order valence-corrected chi connectivity index (χ1v) is 7.31. The minimum absolute atomic E-state index is 0.000668. The number of β-amino-alcohol motifs (C(OH)–C–C–N with tert-alkyl or cyclic N) is 1. The minimum Gasteiger partial charge on any atom is -0.466 e. The average molecular weight is 391 g/mol. The fraction of sp³-hybridized carbons (Fsp3) is 0.286. The molecule has 0 unspecified atom stereocenters. The van der Waals surface area contributed by atoms with Gasteiger partial charge in [0.25, 0.3) is 5.91 Å². The number of methoxy groups -OCH3 is 1. The molecule has 1 aromatic carbocycles. The maximum absolute atomic E-state index is 13.8. The molecule has 0 fully saturated rings. The van der Waals surface area contributed by atoms with Gasteiger partial charge in [-0.05, 0) is 22.0 Å². The number of hydrogen-bond donors (Lipinski definition) is 2. The Bertz CT molecular complexity index is 694. The zero-order valence-corrected chi connectivity index (χ0v) is 13.6. The molecule has 0 atom stereocenters. The van der Waals surface area contributed by atoms with Gasteiger partial charge >= 0.3 is 5.97 Å². The topological polar surface area (TPSA) is 78.9 Å². The van der Waals surface area contributed by atoms with Crippen molar-refractivity contribution in [2.45, 2.75) is 0 Å². The molecule has 1 aromatic rings. The number of aliphatic hydroxyl groups is 1. The molecule has 1 amide bonds. The number of nitrogens with zero attached hydrogens (tertiary/aromatic N) is 1. The molecule has 0 saturated heterocycles. The number of benzene rings is 1. The number of aliphatic hydroxyl groups excluding tert-OH is 1. The number of anilines is 1. The molecule has 2 N–H and O–H groups in total. The number of carbonyl (C=O) groups excluding carboxylic acids is 2. The first-order chi connectivity index (χ1) is 10.9. The lowest BCUT2D eigenvalue weighted by atomic mass is 10.2. The quantitative estimate of drug-likeness (QED) is 0.586. The van der Waals surface area contributed by atoms with Crippen molar-refractivity contribution in [3.05, 3.63) is 39.5 Å². The molecular formula is C14H13BrF2N2O4. The van der Waals surface area contributed by atoms with Gasteiger partial charge in [0.05, 0.1) is 36.0 Å². The normalized spacial score (nSPS) is 14.5. The fourth-order valence-electron chi connectivity index (χ4n) is 2.10. The van der Waals surface area contributed by atoms with Gasteiger partial charge in [0.15, 0.2) is 0 Å². The molecule has 0 aliphatic carbocycles. The van der Waals surface area contributed by atoms with E-state index < -0.39 is 23.5 Å². The van der Waals surface area contributed by atoms with Crippen LogP contribution < -0.4 is 5.32 Å². The van der Waals surface area contributed by atoms with Crippen LogP contribution in [0.25, 0.3) is 0 Å². The van der Waals surface area contributed by atoms with Crippen LogP contribution in [0.3, 0.4) is 0 Å². The molecule has 0 spiro atoms. The summed E-state index contributed by atoms with van der Waals surface area (Å²) in [6.45, 7) is -0.345. The van der Waals surface area contributed by atoms with Gasteiger partial charge in [-0.25, -0.2) is 13.6 Å². The molecule has 0 aromatic heterocycles. The van der Waals surface area contributed by atoms with E-state index in [4.69, 9.17) is 5.11 Å². The van der Waals surface area contributed by atoms with Gasteiger partial charge in [-0.1, -0.05) is 0 Å². The Morgan fingerprint density at radius 2 is 2.13 bits per heavy atom. The van der Waals surface area contributed by atoms with Crippen LogP contribution in [0.4, 0.5) is 14.5 Å². The molecule has 1 aliphatic heterocycles. The number of rotatable bonds is 5. The van der Waals surface area contributed by atoms with Gasteiger partial charge in [-0.3, -0.25) is 4.79 Å². The molecule has 23 heavy (non-hydrogen) atoms. The van der Waals surface area contributed by atoms with Crippen LogP contribution in [0.2, 0.25) is 0 Å². The van der Waals surface area contributed by atoms with Crippen molar-refractivity contribution in [2.75, 3.05) is 32.1 Å². The summed E-state index contributed by atoms with van der Waals surface area (Å²) in [5.41, 5.74) is -0.331. The van der Waals surface area contributed by atoms with Gasteiger partial charge in [-0.15, -0.1) is 0 Å². The Hall–Kier alpha value is -2.00. The van der Waals surface area contributed by atoms with Crippen LogP contribution in [0.1, 0.15) is 0 Å². The van der Waals surface area contributed by atoms with Crippen LogP contribution in [0.15, 0.2) is 27.9 Å². The highest BCUT2D eigenvalue weighted by Gasteiger charge is 2.34. The van der Waals surface area contributed by atoms with Gasteiger partial charge in [0, 0.05) is 12.6 Å². The highest BCUT2D eigenvalue weighted by molar-refractivity contribution is 9.10. The summed E-state index contributed by atoms with van der Waals surface area (Å²) >= 11 is 2.92. The highest BCUT2D eigenvalue weighted by atomic mass is 79.9. The standard InChI is InChI=1S/C14H13BrF2N2O4/c1-23-14(22)7-6-19(2-3-20)13(21)12(7)18-11-4-8(15)9(16)5-10(11)17/h4-5,18,20H,2-3,6H2,1H3. The first-order valence-electron chi connectivity index (χ1n) is 6.52. The third kappa shape index (κ3) is 3.50. The van der Waals surface area contributed by atoms with E-state index in [1.54, 1.807) is 0 Å². The second-order valence-electron chi connectivity index (χ2n) is 4.67. The zero-order valence-electron chi connectivity index (χ0n) is 12.0. The summed E-state index contributed by atoms with van der Waals surface area (Å²) in [6, 6.07) is 1.77. The highest BCUT2D eigenvalue weighted by Crippen LogP contribution is 2.28. The Morgan fingerprint density at radius 3 is 2.74 bits per heavy atom. The van der Waals surface area contributed by atoms with Crippen LogP contribution in [0, 0.1) is 11.6 Å². The summed E-state index contributed by atoms with van der Waals surface area (Å²) in [5.74, 6) is -3.05. The van der Waals surface area contributed by atoms with Crippen molar-refractivity contribution in [2.24, 2.45) is 0 Å². The van der Waals surface area contributed by atoms with E-state index in [2.05, 4.69) is 26.0 Å². The Balaban J connectivity index is 2.39. The van der Waals surface area contributed by atoms with Crippen LogP contribution in [-0.4, -0.2) is 48.7 Å². The predicted octanol–water partition coefficient (Wildman–Crippen LogP) is 1.40. The zero-order chi connectivity index (χ0) is 17.1. The van der Waals surface area contributed by atoms with E-state index in [1.165, 1.54) is 4.90 Å². The van der Waals surface area contributed by atoms with Gasteiger partial charge in [0.2, 0.25) is 0 Å². The van der Waals surface area contributed by atoms with Crippen molar-refractivity contribution in [3.8, 4) is 0 Å². The maximum atomic E-state index is 13.8. The number of ether oxygens (including phenoxy) is 1. The molecule has 0 radical (unpaired) electrons. The largest absolute Gasteiger partial charge is 0.466 e. The molecule has 0 bridgehead atoms. The lowest BCUT2D eigenvalue weighted by Crippen LogP contribution is -2.31. The Morgan fingerprint density at radius 1 is 1.43 bits per heavy atom. The third-order valence-electron chi connectivity index (χ3n) is 3.22. The van der Waals surface area contributed by atoms with Crippen molar-refractivity contribution in [1.82, 2.24) is 4.90 Å².